The van der Waals surface area contributed by atoms with Crippen LogP contribution >= 0.6 is 11.3 Å². The van der Waals surface area contributed by atoms with E-state index in [4.69, 9.17) is 4.74 Å². The van der Waals surface area contributed by atoms with Gasteiger partial charge in [-0.05, 0) is 44.2 Å². The summed E-state index contributed by atoms with van der Waals surface area (Å²) in [6.45, 7) is 4.27. The lowest BCUT2D eigenvalue weighted by Crippen LogP contribution is -2.12. The first kappa shape index (κ1) is 17.3. The van der Waals surface area contributed by atoms with Gasteiger partial charge in [-0.3, -0.25) is 20.2 Å². The molecule has 1 N–H and O–H groups in total. The average molecular weight is 361 g/mol. The lowest BCUT2D eigenvalue weighted by molar-refractivity contribution is -0.385. The van der Waals surface area contributed by atoms with Gasteiger partial charge in [0.15, 0.2) is 10.9 Å². The lowest BCUT2D eigenvalue weighted by Gasteiger charge is -2.15. The van der Waals surface area contributed by atoms with Gasteiger partial charge in [0, 0.05) is 16.5 Å². The van der Waals surface area contributed by atoms with Gasteiger partial charge >= 0.3 is 5.69 Å². The molecule has 1 aliphatic rings. The van der Waals surface area contributed by atoms with E-state index in [1.807, 2.05) is 0 Å². The number of benzene rings is 1. The molecule has 2 aromatic rings. The number of nitro benzene ring substituents is 1. The molecule has 0 bridgehead atoms. The minimum atomic E-state index is -0.550. The summed E-state index contributed by atoms with van der Waals surface area (Å²) in [5.41, 5.74) is 1.04. The van der Waals surface area contributed by atoms with Crippen LogP contribution in [-0.2, 0) is 12.8 Å². The summed E-state index contributed by atoms with van der Waals surface area (Å²) in [6.07, 6.45) is 3.02. The number of carbonyl (C=O) groups excluding carboxylic acids is 1. The molecule has 0 saturated heterocycles. The molecule has 25 heavy (non-hydrogen) atoms. The first-order valence-electron chi connectivity index (χ1n) is 8.19. The fourth-order valence-corrected chi connectivity index (χ4v) is 4.01. The van der Waals surface area contributed by atoms with E-state index >= 15 is 0 Å². The number of ether oxygens (including phenoxy) is 1. The first-order chi connectivity index (χ1) is 12.0. The van der Waals surface area contributed by atoms with Gasteiger partial charge in [-0.2, -0.15) is 0 Å². The van der Waals surface area contributed by atoms with Crippen molar-refractivity contribution in [2.75, 3.05) is 11.9 Å². The minimum absolute atomic E-state index is 0.155. The zero-order chi connectivity index (χ0) is 18.0. The minimum Gasteiger partial charge on any atom is -0.487 e. The monoisotopic (exact) mass is 361 g/mol. The Morgan fingerprint density at radius 3 is 3.04 bits per heavy atom. The van der Waals surface area contributed by atoms with E-state index < -0.39 is 10.8 Å². The van der Waals surface area contributed by atoms with Crippen LogP contribution in [0.3, 0.4) is 0 Å². The zero-order valence-electron chi connectivity index (χ0n) is 14.1. The number of nitrogens with one attached hydrogen (secondary N) is 1. The number of aryl methyl sites for hydroxylation is 1. The Bertz CT molecular complexity index is 818. The standard InChI is InChI=1S/C17H19N3O4S/c1-3-24-14-7-5-11(9-13(14)20(22)23)16(21)19-17-18-12-6-4-10(2)8-15(12)25-17/h5,7,9-10H,3-4,6,8H2,1-2H3,(H,18,19,21). The number of hydrogen-bond donors (Lipinski definition) is 1. The highest BCUT2D eigenvalue weighted by Gasteiger charge is 2.22. The Morgan fingerprint density at radius 2 is 2.32 bits per heavy atom. The molecule has 0 spiro atoms. The Kier molecular flexibility index (Phi) is 4.98. The van der Waals surface area contributed by atoms with E-state index in [-0.39, 0.29) is 17.0 Å². The summed E-state index contributed by atoms with van der Waals surface area (Å²) in [7, 11) is 0. The van der Waals surface area contributed by atoms with Crippen molar-refractivity contribution in [1.29, 1.82) is 0 Å². The van der Waals surface area contributed by atoms with Gasteiger partial charge in [-0.15, -0.1) is 11.3 Å². The molecule has 1 amide bonds. The lowest BCUT2D eigenvalue weighted by atomic mass is 9.93. The summed E-state index contributed by atoms with van der Waals surface area (Å²) < 4.78 is 5.23. The number of nitrogens with zero attached hydrogens (tertiary/aromatic N) is 2. The SMILES string of the molecule is CCOc1ccc(C(=O)Nc2nc3c(s2)CC(C)CC3)cc1[N+](=O)[O-]. The maximum atomic E-state index is 12.4. The predicted octanol–water partition coefficient (Wildman–Crippen LogP) is 3.83. The molecule has 1 aliphatic carbocycles. The molecular formula is C17H19N3O4S. The largest absolute Gasteiger partial charge is 0.487 e. The summed E-state index contributed by atoms with van der Waals surface area (Å²) >= 11 is 1.48. The number of nitro groups is 1. The molecule has 1 atom stereocenters. The highest BCUT2D eigenvalue weighted by Crippen LogP contribution is 2.33. The number of fused-ring (bicyclic) bond motifs is 1. The first-order valence-corrected chi connectivity index (χ1v) is 9.00. The molecule has 1 aromatic heterocycles. The summed E-state index contributed by atoms with van der Waals surface area (Å²) in [5, 5.41) is 14.5. The van der Waals surface area contributed by atoms with Gasteiger partial charge in [0.05, 0.1) is 17.2 Å². The van der Waals surface area contributed by atoms with E-state index in [0.29, 0.717) is 17.7 Å². The Hall–Kier alpha value is -2.48. The number of hydrogen-bond acceptors (Lipinski definition) is 6. The van der Waals surface area contributed by atoms with Gasteiger partial charge in [-0.1, -0.05) is 6.92 Å². The maximum Gasteiger partial charge on any atom is 0.311 e. The fraction of sp³-hybridized carbons (Fsp3) is 0.412. The van der Waals surface area contributed by atoms with Crippen LogP contribution in [-0.4, -0.2) is 22.4 Å². The quantitative estimate of drug-likeness (QED) is 0.645. The average Bonchev–Trinajstić information content (AvgIpc) is 2.96. The van der Waals surface area contributed by atoms with Crippen LogP contribution in [0.15, 0.2) is 18.2 Å². The molecule has 0 saturated carbocycles. The van der Waals surface area contributed by atoms with Crippen LogP contribution in [0.25, 0.3) is 0 Å². The van der Waals surface area contributed by atoms with Gasteiger partial charge in [0.25, 0.3) is 5.91 Å². The molecule has 1 unspecified atom stereocenters. The van der Waals surface area contributed by atoms with E-state index in [1.54, 1.807) is 6.92 Å². The topological polar surface area (TPSA) is 94.4 Å². The highest BCUT2D eigenvalue weighted by atomic mass is 32.1. The molecule has 0 radical (unpaired) electrons. The second kappa shape index (κ2) is 7.18. The van der Waals surface area contributed by atoms with E-state index in [0.717, 1.165) is 25.0 Å². The van der Waals surface area contributed by atoms with Crippen LogP contribution in [0, 0.1) is 16.0 Å². The molecular weight excluding hydrogens is 342 g/mol. The van der Waals surface area contributed by atoms with Gasteiger partial charge in [0.1, 0.15) is 0 Å². The number of thiazole rings is 1. The summed E-state index contributed by atoms with van der Waals surface area (Å²) in [4.78, 5) is 28.8. The molecule has 1 aromatic carbocycles. The summed E-state index contributed by atoms with van der Waals surface area (Å²) in [6, 6.07) is 4.20. The van der Waals surface area contributed by atoms with Crippen LogP contribution < -0.4 is 10.1 Å². The number of aromatic nitrogens is 1. The third kappa shape index (κ3) is 3.79. The van der Waals surface area contributed by atoms with Crippen molar-refractivity contribution in [1.82, 2.24) is 4.98 Å². The van der Waals surface area contributed by atoms with Crippen molar-refractivity contribution in [2.24, 2.45) is 5.92 Å². The second-order valence-corrected chi connectivity index (χ2v) is 7.15. The smallest absolute Gasteiger partial charge is 0.311 e. The molecule has 0 fully saturated rings. The molecule has 7 nitrogen and oxygen atoms in total. The fourth-order valence-electron chi connectivity index (χ4n) is 2.84. The van der Waals surface area contributed by atoms with Crippen molar-refractivity contribution in [3.05, 3.63) is 44.4 Å². The van der Waals surface area contributed by atoms with Gasteiger partial charge < -0.3 is 4.74 Å². The third-order valence-electron chi connectivity index (χ3n) is 4.12. The van der Waals surface area contributed by atoms with Crippen LogP contribution in [0.5, 0.6) is 5.75 Å². The van der Waals surface area contributed by atoms with Crippen molar-refractivity contribution in [3.8, 4) is 5.75 Å². The maximum absolute atomic E-state index is 12.4. The normalized spacial score (nSPS) is 16.2. The van der Waals surface area contributed by atoms with E-state index in [1.165, 1.54) is 34.4 Å². The predicted molar refractivity (Wildman–Crippen MR) is 95.5 cm³/mol. The van der Waals surface area contributed by atoms with Crippen molar-refractivity contribution in [3.63, 3.8) is 0 Å². The number of anilines is 1. The molecule has 3 rings (SSSR count). The highest BCUT2D eigenvalue weighted by molar-refractivity contribution is 7.15. The van der Waals surface area contributed by atoms with Gasteiger partial charge in [-0.25, -0.2) is 4.98 Å². The summed E-state index contributed by atoms with van der Waals surface area (Å²) in [5.74, 6) is 0.373. The Morgan fingerprint density at radius 1 is 1.52 bits per heavy atom. The zero-order valence-corrected chi connectivity index (χ0v) is 14.9. The number of rotatable bonds is 5. The van der Waals surface area contributed by atoms with E-state index in [9.17, 15) is 14.9 Å². The van der Waals surface area contributed by atoms with Crippen LogP contribution in [0.4, 0.5) is 10.8 Å². The molecule has 0 aliphatic heterocycles. The Labute approximate surface area is 149 Å². The number of amides is 1. The molecule has 132 valence electrons. The Balaban J connectivity index is 1.79. The van der Waals surface area contributed by atoms with Crippen molar-refractivity contribution >= 4 is 28.1 Å². The molecule has 8 heteroatoms. The van der Waals surface area contributed by atoms with Crippen LogP contribution in [0.2, 0.25) is 0 Å². The van der Waals surface area contributed by atoms with Crippen molar-refractivity contribution in [2.45, 2.75) is 33.1 Å². The third-order valence-corrected chi connectivity index (χ3v) is 5.16. The van der Waals surface area contributed by atoms with Crippen LogP contribution in [0.1, 0.15) is 41.2 Å². The van der Waals surface area contributed by atoms with Crippen molar-refractivity contribution < 1.29 is 14.5 Å². The molecule has 1 heterocycles. The second-order valence-electron chi connectivity index (χ2n) is 6.06. The number of carbonyl (C=O) groups is 1. The van der Waals surface area contributed by atoms with E-state index in [2.05, 4.69) is 17.2 Å². The van der Waals surface area contributed by atoms with Gasteiger partial charge in [0.2, 0.25) is 0 Å².